The van der Waals surface area contributed by atoms with Crippen LogP contribution in [0.4, 0.5) is 0 Å². The van der Waals surface area contributed by atoms with E-state index in [1.807, 2.05) is 0 Å². The Morgan fingerprint density at radius 2 is 2.12 bits per heavy atom. The molecule has 1 saturated carbocycles. The topological polar surface area (TPSA) is 55.1 Å². The molecule has 1 amide bonds. The van der Waals surface area contributed by atoms with Gasteiger partial charge < -0.3 is 11.1 Å². The van der Waals surface area contributed by atoms with Crippen LogP contribution in [0, 0.1) is 17.8 Å². The van der Waals surface area contributed by atoms with Gasteiger partial charge in [-0.25, -0.2) is 0 Å². The average molecular weight is 240 g/mol. The van der Waals surface area contributed by atoms with E-state index in [1.165, 1.54) is 12.8 Å². The van der Waals surface area contributed by atoms with Crippen LogP contribution in [0.5, 0.6) is 0 Å². The monoisotopic (exact) mass is 240 g/mol. The third kappa shape index (κ3) is 4.30. The van der Waals surface area contributed by atoms with Crippen LogP contribution in [0.2, 0.25) is 0 Å². The van der Waals surface area contributed by atoms with Crippen LogP contribution >= 0.6 is 0 Å². The maximum atomic E-state index is 11.9. The number of carbonyl (C=O) groups excluding carboxylic acids is 1. The van der Waals surface area contributed by atoms with E-state index < -0.39 is 0 Å². The molecule has 0 spiro atoms. The molecule has 1 rings (SSSR count). The summed E-state index contributed by atoms with van der Waals surface area (Å²) in [5, 5.41) is 3.20. The van der Waals surface area contributed by atoms with Gasteiger partial charge in [0.2, 0.25) is 5.91 Å². The number of nitrogens with one attached hydrogen (secondary N) is 1. The molecule has 1 fully saturated rings. The van der Waals surface area contributed by atoms with Crippen LogP contribution < -0.4 is 11.1 Å². The van der Waals surface area contributed by atoms with Crippen molar-refractivity contribution in [2.24, 2.45) is 23.5 Å². The molecule has 0 heterocycles. The van der Waals surface area contributed by atoms with Gasteiger partial charge >= 0.3 is 0 Å². The van der Waals surface area contributed by atoms with Crippen LogP contribution in [0.15, 0.2) is 0 Å². The Morgan fingerprint density at radius 1 is 1.41 bits per heavy atom. The Labute approximate surface area is 106 Å². The van der Waals surface area contributed by atoms with E-state index in [4.69, 9.17) is 5.73 Å². The molecule has 17 heavy (non-hydrogen) atoms. The van der Waals surface area contributed by atoms with Gasteiger partial charge in [0.1, 0.15) is 0 Å². The fourth-order valence-electron chi connectivity index (χ4n) is 2.71. The lowest BCUT2D eigenvalue weighted by Gasteiger charge is -2.34. The van der Waals surface area contributed by atoms with Gasteiger partial charge in [-0.15, -0.1) is 0 Å². The predicted molar refractivity (Wildman–Crippen MR) is 71.6 cm³/mol. The maximum Gasteiger partial charge on any atom is 0.220 e. The van der Waals surface area contributed by atoms with Crippen molar-refractivity contribution in [2.45, 2.75) is 58.9 Å². The summed E-state index contributed by atoms with van der Waals surface area (Å²) in [4.78, 5) is 11.9. The average Bonchev–Trinajstić information content (AvgIpc) is 2.32. The molecule has 0 aromatic rings. The Hall–Kier alpha value is -0.570. The summed E-state index contributed by atoms with van der Waals surface area (Å²) in [6.45, 7) is 7.25. The molecule has 1 aliphatic carbocycles. The van der Waals surface area contributed by atoms with Crippen LogP contribution in [-0.4, -0.2) is 18.5 Å². The zero-order chi connectivity index (χ0) is 12.8. The van der Waals surface area contributed by atoms with Gasteiger partial charge in [0.15, 0.2) is 0 Å². The molecule has 3 nitrogen and oxygen atoms in total. The van der Waals surface area contributed by atoms with Crippen LogP contribution in [0.1, 0.15) is 52.9 Å². The molecule has 0 aliphatic heterocycles. The highest BCUT2D eigenvalue weighted by atomic mass is 16.1. The maximum absolute atomic E-state index is 11.9. The fourth-order valence-corrected chi connectivity index (χ4v) is 2.71. The van der Waals surface area contributed by atoms with Crippen LogP contribution in [0.3, 0.4) is 0 Å². The van der Waals surface area contributed by atoms with E-state index in [2.05, 4.69) is 26.1 Å². The number of hydrogen-bond donors (Lipinski definition) is 2. The molecular formula is C14H28N2O. The quantitative estimate of drug-likeness (QED) is 0.774. The van der Waals surface area contributed by atoms with Gasteiger partial charge in [-0.05, 0) is 30.7 Å². The van der Waals surface area contributed by atoms with E-state index in [9.17, 15) is 4.79 Å². The molecule has 0 aromatic heterocycles. The lowest BCUT2D eigenvalue weighted by Crippen LogP contribution is -2.44. The number of carbonyl (C=O) groups is 1. The highest BCUT2D eigenvalue weighted by Gasteiger charge is 2.28. The molecular weight excluding hydrogens is 212 g/mol. The number of nitrogens with two attached hydrogens (primary N) is 1. The van der Waals surface area contributed by atoms with E-state index in [0.717, 1.165) is 18.8 Å². The SMILES string of the molecule is CCC(CN)CC(=O)NC1CCCC(C)C1C. The third-order valence-corrected chi connectivity index (χ3v) is 4.44. The summed E-state index contributed by atoms with van der Waals surface area (Å²) < 4.78 is 0. The van der Waals surface area contributed by atoms with Crippen molar-refractivity contribution >= 4 is 5.91 Å². The normalized spacial score (nSPS) is 30.9. The first-order valence-corrected chi connectivity index (χ1v) is 7.07. The van der Waals surface area contributed by atoms with Gasteiger partial charge in [-0.1, -0.05) is 40.0 Å². The lowest BCUT2D eigenvalue weighted by atomic mass is 9.78. The number of rotatable bonds is 5. The second kappa shape index (κ2) is 7.00. The van der Waals surface area contributed by atoms with E-state index in [1.54, 1.807) is 0 Å². The highest BCUT2D eigenvalue weighted by Crippen LogP contribution is 2.29. The second-order valence-corrected chi connectivity index (χ2v) is 5.66. The zero-order valence-electron chi connectivity index (χ0n) is 11.5. The van der Waals surface area contributed by atoms with Gasteiger partial charge in [0.05, 0.1) is 0 Å². The Morgan fingerprint density at radius 3 is 2.71 bits per heavy atom. The minimum absolute atomic E-state index is 0.188. The van der Waals surface area contributed by atoms with E-state index in [-0.39, 0.29) is 5.91 Å². The van der Waals surface area contributed by atoms with Gasteiger partial charge in [-0.2, -0.15) is 0 Å². The van der Waals surface area contributed by atoms with Crippen molar-refractivity contribution in [3.8, 4) is 0 Å². The standard InChI is InChI=1S/C14H28N2O/c1-4-12(9-15)8-14(17)16-13-7-5-6-10(2)11(13)3/h10-13H,4-9,15H2,1-3H3,(H,16,17). The Kier molecular flexibility index (Phi) is 5.96. The second-order valence-electron chi connectivity index (χ2n) is 5.66. The number of amides is 1. The highest BCUT2D eigenvalue weighted by molar-refractivity contribution is 5.76. The lowest BCUT2D eigenvalue weighted by molar-refractivity contribution is -0.123. The van der Waals surface area contributed by atoms with E-state index in [0.29, 0.717) is 30.8 Å². The van der Waals surface area contributed by atoms with Crippen molar-refractivity contribution in [3.63, 3.8) is 0 Å². The molecule has 0 bridgehead atoms. The largest absolute Gasteiger partial charge is 0.353 e. The fraction of sp³-hybridized carbons (Fsp3) is 0.929. The molecule has 3 N–H and O–H groups in total. The van der Waals surface area contributed by atoms with Gasteiger partial charge in [0.25, 0.3) is 0 Å². The van der Waals surface area contributed by atoms with Crippen molar-refractivity contribution in [1.82, 2.24) is 5.32 Å². The van der Waals surface area contributed by atoms with E-state index >= 15 is 0 Å². The molecule has 3 heteroatoms. The third-order valence-electron chi connectivity index (χ3n) is 4.44. The molecule has 0 aromatic carbocycles. The molecule has 4 atom stereocenters. The molecule has 4 unspecified atom stereocenters. The van der Waals surface area contributed by atoms with Crippen molar-refractivity contribution in [3.05, 3.63) is 0 Å². The summed E-state index contributed by atoms with van der Waals surface area (Å²) in [5.41, 5.74) is 5.63. The minimum atomic E-state index is 0.188. The Bertz CT molecular complexity index is 238. The minimum Gasteiger partial charge on any atom is -0.353 e. The predicted octanol–water partition coefficient (Wildman–Crippen LogP) is 2.30. The Balaban J connectivity index is 2.39. The van der Waals surface area contributed by atoms with Crippen LogP contribution in [0.25, 0.3) is 0 Å². The molecule has 0 radical (unpaired) electrons. The summed E-state index contributed by atoms with van der Waals surface area (Å²) in [6.07, 6.45) is 5.25. The molecule has 100 valence electrons. The first-order valence-electron chi connectivity index (χ1n) is 7.07. The van der Waals surface area contributed by atoms with Gasteiger partial charge in [-0.3, -0.25) is 4.79 Å². The van der Waals surface area contributed by atoms with Crippen molar-refractivity contribution < 1.29 is 4.79 Å². The summed E-state index contributed by atoms with van der Waals surface area (Å²) in [7, 11) is 0. The smallest absolute Gasteiger partial charge is 0.220 e. The first kappa shape index (κ1) is 14.5. The summed E-state index contributed by atoms with van der Waals surface area (Å²) in [5.74, 6) is 1.86. The molecule has 0 saturated heterocycles. The van der Waals surface area contributed by atoms with Crippen molar-refractivity contribution in [2.75, 3.05) is 6.54 Å². The summed E-state index contributed by atoms with van der Waals surface area (Å²) >= 11 is 0. The van der Waals surface area contributed by atoms with Gasteiger partial charge in [0, 0.05) is 12.5 Å². The number of hydrogen-bond acceptors (Lipinski definition) is 2. The van der Waals surface area contributed by atoms with Crippen LogP contribution in [-0.2, 0) is 4.79 Å². The summed E-state index contributed by atoms with van der Waals surface area (Å²) in [6, 6.07) is 0.376. The molecule has 1 aliphatic rings. The zero-order valence-corrected chi connectivity index (χ0v) is 11.5. The first-order chi connectivity index (χ1) is 8.08. The van der Waals surface area contributed by atoms with Crippen molar-refractivity contribution in [1.29, 1.82) is 0 Å².